The summed E-state index contributed by atoms with van der Waals surface area (Å²) in [5.74, 6) is -1.22. The van der Waals surface area contributed by atoms with E-state index in [0.717, 1.165) is 41.0 Å². The maximum absolute atomic E-state index is 13.6. The maximum atomic E-state index is 13.6. The third kappa shape index (κ3) is 12.9. The molecule has 0 bridgehead atoms. The Labute approximate surface area is 288 Å². The molecule has 49 heavy (non-hydrogen) atoms. The smallest absolute Gasteiger partial charge is 0.408 e. The molecular weight excluding hydrogens is 624 g/mol. The lowest BCUT2D eigenvalue weighted by atomic mass is 9.93. The Bertz CT molecular complexity index is 1510. The third-order valence-corrected chi connectivity index (χ3v) is 8.73. The maximum Gasteiger partial charge on any atom is 0.408 e. The largest absolute Gasteiger partial charge is 0.494 e. The van der Waals surface area contributed by atoms with E-state index < -0.39 is 42.4 Å². The Hall–Kier alpha value is -4.90. The molecule has 3 aromatic carbocycles. The van der Waals surface area contributed by atoms with Gasteiger partial charge in [-0.15, -0.1) is 0 Å². The first-order valence-electron chi connectivity index (χ1n) is 16.9. The lowest BCUT2D eigenvalue weighted by Crippen LogP contribution is -2.54. The molecule has 1 fully saturated rings. The van der Waals surface area contributed by atoms with Crippen molar-refractivity contribution in [2.45, 2.75) is 83.6 Å². The Morgan fingerprint density at radius 3 is 2.29 bits per heavy atom. The summed E-state index contributed by atoms with van der Waals surface area (Å²) in [6, 6.07) is 22.4. The average molecular weight is 673 g/mol. The zero-order valence-electron chi connectivity index (χ0n) is 28.3. The Morgan fingerprint density at radius 2 is 1.61 bits per heavy atom. The van der Waals surface area contributed by atoms with Gasteiger partial charge in [-0.2, -0.15) is 0 Å². The van der Waals surface area contributed by atoms with Crippen LogP contribution < -0.4 is 26.0 Å². The van der Waals surface area contributed by atoms with Gasteiger partial charge in [-0.3, -0.25) is 14.4 Å². The second-order valence-corrected chi connectivity index (χ2v) is 12.6. The molecule has 0 radical (unpaired) electrons. The van der Waals surface area contributed by atoms with Gasteiger partial charge in [-0.1, -0.05) is 66.7 Å². The van der Waals surface area contributed by atoms with Crippen molar-refractivity contribution in [3.63, 3.8) is 0 Å². The number of carboxylic acids is 1. The monoisotopic (exact) mass is 672 g/mol. The molecule has 4 atom stereocenters. The molecule has 1 aliphatic heterocycles. The molecule has 3 aromatic rings. The van der Waals surface area contributed by atoms with Gasteiger partial charge >= 0.3 is 12.1 Å². The van der Waals surface area contributed by atoms with E-state index in [-0.39, 0.29) is 19.6 Å². The molecule has 11 nitrogen and oxygen atoms in total. The van der Waals surface area contributed by atoms with Crippen molar-refractivity contribution in [2.24, 2.45) is 5.92 Å². The number of carbonyl (C=O) groups is 4. The molecule has 262 valence electrons. The molecule has 0 aromatic heterocycles. The summed E-state index contributed by atoms with van der Waals surface area (Å²) in [5.41, 5.74) is 3.55. The van der Waals surface area contributed by atoms with Gasteiger partial charge in [-0.05, 0) is 92.8 Å². The van der Waals surface area contributed by atoms with Gasteiger partial charge < -0.3 is 35.8 Å². The summed E-state index contributed by atoms with van der Waals surface area (Å²) in [7, 11) is 0. The molecule has 2 unspecified atom stereocenters. The highest BCUT2D eigenvalue weighted by Crippen LogP contribution is 2.21. The second kappa shape index (κ2) is 19.2. The lowest BCUT2D eigenvalue weighted by Gasteiger charge is -2.27. The van der Waals surface area contributed by atoms with Crippen LogP contribution in [0.5, 0.6) is 5.75 Å². The zero-order chi connectivity index (χ0) is 35.0. The summed E-state index contributed by atoms with van der Waals surface area (Å²) in [4.78, 5) is 51.1. The minimum Gasteiger partial charge on any atom is -0.494 e. The molecule has 5 N–H and O–H groups in total. The van der Waals surface area contributed by atoms with Gasteiger partial charge in [-0.25, -0.2) is 4.79 Å². The molecule has 0 spiro atoms. The molecular formula is C38H48N4O7. The fourth-order valence-corrected chi connectivity index (χ4v) is 5.67. The van der Waals surface area contributed by atoms with Crippen LogP contribution in [0.4, 0.5) is 4.79 Å². The number of hydrogen-bond acceptors (Lipinski definition) is 7. The average Bonchev–Trinajstić information content (AvgIpc) is 3.10. The van der Waals surface area contributed by atoms with Gasteiger partial charge in [0.1, 0.15) is 24.4 Å². The lowest BCUT2D eigenvalue weighted by molar-refractivity contribution is -0.140. The van der Waals surface area contributed by atoms with Crippen molar-refractivity contribution in [2.75, 3.05) is 13.2 Å². The van der Waals surface area contributed by atoms with Crippen LogP contribution in [0.15, 0.2) is 78.9 Å². The highest BCUT2D eigenvalue weighted by Gasteiger charge is 2.29. The summed E-state index contributed by atoms with van der Waals surface area (Å²) in [5, 5.41) is 21.0. The normalized spacial score (nSPS) is 16.9. The van der Waals surface area contributed by atoms with Crippen LogP contribution in [0.3, 0.4) is 0 Å². The van der Waals surface area contributed by atoms with Crippen LogP contribution in [-0.2, 0) is 38.7 Å². The van der Waals surface area contributed by atoms with E-state index in [0.29, 0.717) is 25.0 Å². The number of piperidine rings is 1. The first-order valence-corrected chi connectivity index (χ1v) is 16.9. The number of aliphatic carboxylic acids is 1. The van der Waals surface area contributed by atoms with E-state index in [1.807, 2.05) is 61.5 Å². The van der Waals surface area contributed by atoms with E-state index in [4.69, 9.17) is 9.47 Å². The van der Waals surface area contributed by atoms with Crippen LogP contribution in [0, 0.1) is 12.8 Å². The quantitative estimate of drug-likeness (QED) is 0.139. The highest BCUT2D eigenvalue weighted by molar-refractivity contribution is 5.93. The van der Waals surface area contributed by atoms with E-state index >= 15 is 0 Å². The summed E-state index contributed by atoms with van der Waals surface area (Å²) < 4.78 is 11.3. The summed E-state index contributed by atoms with van der Waals surface area (Å²) >= 11 is 0. The number of ether oxygens (including phenoxy) is 2. The molecule has 0 aliphatic carbocycles. The van der Waals surface area contributed by atoms with Gasteiger partial charge in [0, 0.05) is 12.6 Å². The summed E-state index contributed by atoms with van der Waals surface area (Å²) in [6.45, 7) is 5.91. The number of carboxylic acid groups (broad SMARTS) is 1. The zero-order valence-corrected chi connectivity index (χ0v) is 28.3. The van der Waals surface area contributed by atoms with Gasteiger partial charge in [0.25, 0.3) is 0 Å². The number of amides is 3. The van der Waals surface area contributed by atoms with Gasteiger partial charge in [0.15, 0.2) is 0 Å². The predicted molar refractivity (Wildman–Crippen MR) is 186 cm³/mol. The molecule has 0 saturated carbocycles. The van der Waals surface area contributed by atoms with E-state index in [1.165, 1.54) is 12.8 Å². The first kappa shape index (κ1) is 36.9. The Kier molecular flexibility index (Phi) is 14.5. The van der Waals surface area contributed by atoms with Crippen LogP contribution in [0.25, 0.3) is 0 Å². The molecule has 11 heteroatoms. The topological polar surface area (TPSA) is 155 Å². The minimum atomic E-state index is -1.46. The van der Waals surface area contributed by atoms with Crippen molar-refractivity contribution in [3.05, 3.63) is 101 Å². The summed E-state index contributed by atoms with van der Waals surface area (Å²) in [6.07, 6.45) is 2.41. The fourth-order valence-electron chi connectivity index (χ4n) is 5.67. The van der Waals surface area contributed by atoms with Crippen molar-refractivity contribution < 1.29 is 33.8 Å². The Balaban J connectivity index is 1.37. The van der Waals surface area contributed by atoms with Crippen LogP contribution in [0.2, 0.25) is 0 Å². The molecule has 1 saturated heterocycles. The van der Waals surface area contributed by atoms with Crippen LogP contribution in [0.1, 0.15) is 61.3 Å². The SMILES string of the molecule is Cc1ccc(OCCC2CCC(C)NC2)cc1CNC(=O)[C@H](CCc1ccccc1)NC(=O)[C@H](CC(=O)O)NC(=O)OCc1ccccc1. The van der Waals surface area contributed by atoms with E-state index in [2.05, 4.69) is 28.2 Å². The molecule has 1 aliphatic rings. The van der Waals surface area contributed by atoms with Crippen molar-refractivity contribution in [3.8, 4) is 5.75 Å². The number of alkyl carbamates (subject to hydrolysis) is 1. The van der Waals surface area contributed by atoms with E-state index in [9.17, 15) is 24.3 Å². The van der Waals surface area contributed by atoms with Crippen LogP contribution >= 0.6 is 0 Å². The number of aryl methyl sites for hydroxylation is 2. The first-order chi connectivity index (χ1) is 23.7. The van der Waals surface area contributed by atoms with Crippen molar-refractivity contribution >= 4 is 23.9 Å². The number of rotatable bonds is 17. The predicted octanol–water partition coefficient (Wildman–Crippen LogP) is 4.66. The minimum absolute atomic E-state index is 0.0564. The molecule has 4 rings (SSSR count). The van der Waals surface area contributed by atoms with Gasteiger partial charge in [0.2, 0.25) is 11.8 Å². The number of carbonyl (C=O) groups excluding carboxylic acids is 3. The number of nitrogens with one attached hydrogen (secondary N) is 4. The molecule has 3 amide bonds. The number of benzene rings is 3. The molecule has 1 heterocycles. The highest BCUT2D eigenvalue weighted by atomic mass is 16.5. The fraction of sp³-hybridized carbons (Fsp3) is 0.421. The standard InChI is InChI=1S/C38H48N4O7/c1-26-13-17-32(48-20-19-29-15-14-27(2)39-23-29)21-31(26)24-40-36(45)33(18-16-28-9-5-3-6-10-28)41-37(46)34(22-35(43)44)42-38(47)49-25-30-11-7-4-8-12-30/h3-13,17,21,27,29,33-34,39H,14-16,18-20,22-25H2,1-2H3,(H,40,45)(H,41,46)(H,42,47)(H,43,44)/t27?,29?,33-,34-/m0/s1. The Morgan fingerprint density at radius 1 is 0.898 bits per heavy atom. The van der Waals surface area contributed by atoms with E-state index in [1.54, 1.807) is 24.3 Å². The van der Waals surface area contributed by atoms with Crippen molar-refractivity contribution in [1.29, 1.82) is 0 Å². The number of hydrogen-bond donors (Lipinski definition) is 5. The third-order valence-electron chi connectivity index (χ3n) is 8.73. The second-order valence-electron chi connectivity index (χ2n) is 12.6. The van der Waals surface area contributed by atoms with Crippen LogP contribution in [-0.4, -0.2) is 60.3 Å². The van der Waals surface area contributed by atoms with Gasteiger partial charge in [0.05, 0.1) is 13.0 Å². The van der Waals surface area contributed by atoms with Crippen molar-refractivity contribution in [1.82, 2.24) is 21.3 Å².